The number of phenolic OH excluding ortho intramolecular Hbond substituents is 1. The van der Waals surface area contributed by atoms with Gasteiger partial charge in [-0.05, 0) is 36.4 Å². The Kier molecular flexibility index (Phi) is 6.17. The molecule has 0 spiro atoms. The van der Waals surface area contributed by atoms with Crippen LogP contribution in [0.2, 0.25) is 0 Å². The molecule has 154 valence electrons. The highest BCUT2D eigenvalue weighted by atomic mass is 16.5. The fourth-order valence-electron chi connectivity index (χ4n) is 3.88. The molecule has 0 unspecified atom stereocenters. The van der Waals surface area contributed by atoms with E-state index in [0.717, 1.165) is 56.3 Å². The van der Waals surface area contributed by atoms with Crippen LogP contribution >= 0.6 is 0 Å². The van der Waals surface area contributed by atoms with Crippen LogP contribution in [-0.4, -0.2) is 74.9 Å². The minimum Gasteiger partial charge on any atom is -0.508 e. The van der Waals surface area contributed by atoms with Crippen molar-refractivity contribution in [1.82, 2.24) is 4.90 Å². The number of nitrogens with one attached hydrogen (secondary N) is 1. The highest BCUT2D eigenvalue weighted by Gasteiger charge is 2.20. The van der Waals surface area contributed by atoms with Crippen molar-refractivity contribution in [3.8, 4) is 5.75 Å². The third-order valence-electron chi connectivity index (χ3n) is 5.48. The molecule has 1 amide bonds. The van der Waals surface area contributed by atoms with Gasteiger partial charge in [-0.3, -0.25) is 9.69 Å². The van der Waals surface area contributed by atoms with Gasteiger partial charge in [0.1, 0.15) is 5.75 Å². The number of rotatable bonds is 5. The van der Waals surface area contributed by atoms with E-state index in [0.29, 0.717) is 19.8 Å². The number of phenols is 1. The Balaban J connectivity index is 1.30. The molecule has 7 heteroatoms. The zero-order chi connectivity index (χ0) is 20.1. The summed E-state index contributed by atoms with van der Waals surface area (Å²) >= 11 is 0. The van der Waals surface area contributed by atoms with Gasteiger partial charge in [-0.25, -0.2) is 0 Å². The number of morpholine rings is 1. The fourth-order valence-corrected chi connectivity index (χ4v) is 3.88. The molecule has 2 heterocycles. The van der Waals surface area contributed by atoms with Gasteiger partial charge in [0.05, 0.1) is 31.1 Å². The van der Waals surface area contributed by atoms with Crippen LogP contribution in [0.4, 0.5) is 17.1 Å². The first-order valence-electron chi connectivity index (χ1n) is 10.2. The maximum Gasteiger partial charge on any atom is 0.238 e. The number of hydrogen-bond acceptors (Lipinski definition) is 6. The van der Waals surface area contributed by atoms with Gasteiger partial charge in [0.15, 0.2) is 0 Å². The van der Waals surface area contributed by atoms with Crippen LogP contribution < -0.4 is 15.1 Å². The number of carbonyl (C=O) groups excluding carboxylic acids is 1. The number of ether oxygens (including phenoxy) is 1. The number of carbonyl (C=O) groups is 1. The van der Waals surface area contributed by atoms with Crippen LogP contribution in [-0.2, 0) is 9.53 Å². The lowest BCUT2D eigenvalue weighted by Crippen LogP contribution is -2.48. The van der Waals surface area contributed by atoms with Crippen molar-refractivity contribution in [1.29, 1.82) is 0 Å². The lowest BCUT2D eigenvalue weighted by Gasteiger charge is -2.36. The molecule has 2 fully saturated rings. The first kappa shape index (κ1) is 19.5. The molecule has 7 nitrogen and oxygen atoms in total. The number of amides is 1. The lowest BCUT2D eigenvalue weighted by atomic mass is 10.2. The van der Waals surface area contributed by atoms with Crippen LogP contribution in [0.15, 0.2) is 48.5 Å². The fraction of sp³-hybridized carbons (Fsp3) is 0.409. The maximum atomic E-state index is 12.7. The average molecular weight is 396 g/mol. The van der Waals surface area contributed by atoms with E-state index >= 15 is 0 Å². The summed E-state index contributed by atoms with van der Waals surface area (Å²) in [7, 11) is 0. The van der Waals surface area contributed by atoms with E-state index in [1.807, 2.05) is 30.3 Å². The van der Waals surface area contributed by atoms with Gasteiger partial charge in [-0.15, -0.1) is 0 Å². The highest BCUT2D eigenvalue weighted by molar-refractivity contribution is 5.95. The molecule has 0 atom stereocenters. The van der Waals surface area contributed by atoms with Crippen molar-refractivity contribution >= 4 is 23.0 Å². The van der Waals surface area contributed by atoms with E-state index < -0.39 is 0 Å². The molecule has 2 N–H and O–H groups in total. The number of anilines is 3. The molecule has 2 saturated heterocycles. The number of piperazine rings is 1. The van der Waals surface area contributed by atoms with Crippen molar-refractivity contribution in [3.63, 3.8) is 0 Å². The Bertz CT molecular complexity index is 813. The van der Waals surface area contributed by atoms with Crippen molar-refractivity contribution in [2.24, 2.45) is 0 Å². The molecule has 2 aromatic carbocycles. The topological polar surface area (TPSA) is 68.3 Å². The highest BCUT2D eigenvalue weighted by Crippen LogP contribution is 2.26. The largest absolute Gasteiger partial charge is 0.508 e. The van der Waals surface area contributed by atoms with Gasteiger partial charge >= 0.3 is 0 Å². The van der Waals surface area contributed by atoms with E-state index in [4.69, 9.17) is 4.74 Å². The summed E-state index contributed by atoms with van der Waals surface area (Å²) in [4.78, 5) is 19.4. The number of benzene rings is 2. The Morgan fingerprint density at radius 3 is 2.31 bits per heavy atom. The van der Waals surface area contributed by atoms with E-state index in [-0.39, 0.29) is 11.7 Å². The van der Waals surface area contributed by atoms with Crippen molar-refractivity contribution in [2.45, 2.75) is 0 Å². The Morgan fingerprint density at radius 1 is 0.897 bits per heavy atom. The summed E-state index contributed by atoms with van der Waals surface area (Å²) in [5.74, 6) is 0.296. The SMILES string of the molecule is O=C(CN1CCN(c2ccc(O)cc2)CC1)Nc1ccccc1N1CCOCC1. The van der Waals surface area contributed by atoms with E-state index in [9.17, 15) is 9.90 Å². The maximum absolute atomic E-state index is 12.7. The number of nitrogens with zero attached hydrogens (tertiary/aromatic N) is 3. The summed E-state index contributed by atoms with van der Waals surface area (Å²) in [5, 5.41) is 12.5. The van der Waals surface area contributed by atoms with Gasteiger partial charge in [0.2, 0.25) is 5.91 Å². The summed E-state index contributed by atoms with van der Waals surface area (Å²) in [5.41, 5.74) is 3.02. The normalized spacial score (nSPS) is 17.9. The molecule has 0 radical (unpaired) electrons. The number of hydrogen-bond donors (Lipinski definition) is 2. The smallest absolute Gasteiger partial charge is 0.238 e. The van der Waals surface area contributed by atoms with E-state index in [1.165, 1.54) is 0 Å². The molecule has 0 bridgehead atoms. The van der Waals surface area contributed by atoms with Gasteiger partial charge in [0, 0.05) is 45.0 Å². The minimum absolute atomic E-state index is 0.0174. The van der Waals surface area contributed by atoms with Crippen LogP contribution in [0.25, 0.3) is 0 Å². The zero-order valence-electron chi connectivity index (χ0n) is 16.6. The summed E-state index contributed by atoms with van der Waals surface area (Å²) < 4.78 is 5.44. The lowest BCUT2D eigenvalue weighted by molar-refractivity contribution is -0.117. The van der Waals surface area contributed by atoms with Crippen LogP contribution in [0.1, 0.15) is 0 Å². The van der Waals surface area contributed by atoms with Gasteiger partial charge < -0.3 is 25.0 Å². The summed E-state index contributed by atoms with van der Waals surface area (Å²) in [6.07, 6.45) is 0. The molecule has 0 saturated carbocycles. The van der Waals surface area contributed by atoms with Crippen molar-refractivity contribution in [3.05, 3.63) is 48.5 Å². The second-order valence-corrected chi connectivity index (χ2v) is 7.44. The van der Waals surface area contributed by atoms with Gasteiger partial charge in [-0.1, -0.05) is 12.1 Å². The molecule has 2 aliphatic heterocycles. The molecular weight excluding hydrogens is 368 g/mol. The zero-order valence-corrected chi connectivity index (χ0v) is 16.6. The molecule has 2 aliphatic rings. The molecule has 29 heavy (non-hydrogen) atoms. The van der Waals surface area contributed by atoms with E-state index in [2.05, 4.69) is 26.1 Å². The predicted octanol–water partition coefficient (Wildman–Crippen LogP) is 1.99. The third-order valence-corrected chi connectivity index (χ3v) is 5.48. The summed E-state index contributed by atoms with van der Waals surface area (Å²) in [6.45, 7) is 6.89. The molecule has 0 aromatic heterocycles. The van der Waals surface area contributed by atoms with E-state index in [1.54, 1.807) is 12.1 Å². The summed E-state index contributed by atoms with van der Waals surface area (Å²) in [6, 6.07) is 15.3. The third kappa shape index (κ3) is 4.99. The monoisotopic (exact) mass is 396 g/mol. The second-order valence-electron chi connectivity index (χ2n) is 7.44. The second kappa shape index (κ2) is 9.15. The quantitative estimate of drug-likeness (QED) is 0.806. The molecule has 2 aromatic rings. The minimum atomic E-state index is 0.0174. The molecule has 4 rings (SSSR count). The standard InChI is InChI=1S/C22H28N4O3/c27-19-7-5-18(6-8-19)25-11-9-24(10-12-25)17-22(28)23-20-3-1-2-4-21(20)26-13-15-29-16-14-26/h1-8,27H,9-17H2,(H,23,28). The molecular formula is C22H28N4O3. The predicted molar refractivity (Wildman–Crippen MR) is 115 cm³/mol. The molecule has 0 aliphatic carbocycles. The van der Waals surface area contributed by atoms with Crippen LogP contribution in [0, 0.1) is 0 Å². The van der Waals surface area contributed by atoms with Gasteiger partial charge in [0.25, 0.3) is 0 Å². The van der Waals surface area contributed by atoms with Crippen molar-refractivity contribution < 1.29 is 14.6 Å². The number of aromatic hydroxyl groups is 1. The Labute approximate surface area is 171 Å². The Hall–Kier alpha value is -2.77. The average Bonchev–Trinajstić information content (AvgIpc) is 2.76. The van der Waals surface area contributed by atoms with Crippen LogP contribution in [0.3, 0.4) is 0 Å². The van der Waals surface area contributed by atoms with Crippen LogP contribution in [0.5, 0.6) is 5.75 Å². The number of para-hydroxylation sites is 2. The first-order valence-corrected chi connectivity index (χ1v) is 10.2. The van der Waals surface area contributed by atoms with Gasteiger partial charge in [-0.2, -0.15) is 0 Å². The Morgan fingerprint density at radius 2 is 1.59 bits per heavy atom. The van der Waals surface area contributed by atoms with Crippen molar-refractivity contribution in [2.75, 3.05) is 74.1 Å². The first-order chi connectivity index (χ1) is 14.2.